The van der Waals surface area contributed by atoms with Gasteiger partial charge < -0.3 is 14.6 Å². The maximum atomic E-state index is 10.9. The molecule has 1 heterocycles. The fraction of sp³-hybridized carbons (Fsp3) is 0.458. The Kier molecular flexibility index (Phi) is 4.04. The molecule has 0 radical (unpaired) electrons. The first-order chi connectivity index (χ1) is 13.0. The molecule has 4 nitrogen and oxygen atoms in total. The molecule has 2 aromatic carbocycles. The summed E-state index contributed by atoms with van der Waals surface area (Å²) in [6.45, 7) is 12.0. The highest BCUT2D eigenvalue weighted by atomic mass is 16.7. The molecule has 1 N–H and O–H groups in total. The predicted octanol–water partition coefficient (Wildman–Crippen LogP) is 5.79. The number of ether oxygens (including phenoxy) is 2. The number of rotatable bonds is 2. The zero-order valence-corrected chi connectivity index (χ0v) is 17.3. The summed E-state index contributed by atoms with van der Waals surface area (Å²) in [5.74, 6) is 1.11. The highest BCUT2D eigenvalue weighted by Gasteiger charge is 2.42. The van der Waals surface area contributed by atoms with E-state index in [0.717, 1.165) is 17.7 Å². The van der Waals surface area contributed by atoms with Crippen LogP contribution >= 0.6 is 0 Å². The van der Waals surface area contributed by atoms with E-state index in [-0.39, 0.29) is 16.2 Å². The molecule has 0 saturated heterocycles. The molecule has 148 valence electrons. The Morgan fingerprint density at radius 2 is 1.61 bits per heavy atom. The van der Waals surface area contributed by atoms with Crippen molar-refractivity contribution in [3.8, 4) is 11.5 Å². The third-order valence-electron chi connectivity index (χ3n) is 6.76. The maximum absolute atomic E-state index is 10.9. The Hall–Kier alpha value is -2.49. The smallest absolute Gasteiger partial charge is 0.492 e. The van der Waals surface area contributed by atoms with Crippen LogP contribution in [0.15, 0.2) is 36.4 Å². The van der Waals surface area contributed by atoms with Gasteiger partial charge >= 0.3 is 6.16 Å². The molecule has 1 aliphatic heterocycles. The van der Waals surface area contributed by atoms with Crippen LogP contribution < -0.4 is 9.47 Å². The second-order valence-corrected chi connectivity index (χ2v) is 9.67. The number of benzene rings is 2. The lowest BCUT2D eigenvalue weighted by Crippen LogP contribution is -2.35. The van der Waals surface area contributed by atoms with Gasteiger partial charge in [-0.25, -0.2) is 4.79 Å². The van der Waals surface area contributed by atoms with Crippen molar-refractivity contribution in [1.29, 1.82) is 0 Å². The molecule has 0 amide bonds. The lowest BCUT2D eigenvalue weighted by molar-refractivity contribution is 0.144. The molecule has 4 heteroatoms. The van der Waals surface area contributed by atoms with Crippen molar-refractivity contribution >= 4 is 6.16 Å². The van der Waals surface area contributed by atoms with Gasteiger partial charge in [0.2, 0.25) is 0 Å². The molecule has 0 aromatic heterocycles. The van der Waals surface area contributed by atoms with Gasteiger partial charge in [-0.05, 0) is 65.5 Å². The first-order valence-corrected chi connectivity index (χ1v) is 9.87. The molecule has 0 spiro atoms. The summed E-state index contributed by atoms with van der Waals surface area (Å²) in [6.07, 6.45) is 1.04. The van der Waals surface area contributed by atoms with E-state index in [4.69, 9.17) is 14.6 Å². The molecule has 0 bridgehead atoms. The van der Waals surface area contributed by atoms with E-state index >= 15 is 0 Å². The largest absolute Gasteiger partial charge is 0.511 e. The van der Waals surface area contributed by atoms with E-state index in [0.29, 0.717) is 12.4 Å². The molecule has 0 fully saturated rings. The summed E-state index contributed by atoms with van der Waals surface area (Å²) in [5.41, 5.74) is 4.97. The number of fused-ring (bicyclic) bond motifs is 2. The van der Waals surface area contributed by atoms with Gasteiger partial charge in [-0.2, -0.15) is 0 Å². The molecule has 0 saturated carbocycles. The van der Waals surface area contributed by atoms with Crippen LogP contribution in [0.3, 0.4) is 0 Å². The lowest BCUT2D eigenvalue weighted by atomic mass is 9.62. The van der Waals surface area contributed by atoms with Crippen molar-refractivity contribution in [3.05, 3.63) is 58.7 Å². The Labute approximate surface area is 166 Å². The van der Waals surface area contributed by atoms with E-state index in [1.807, 2.05) is 0 Å². The van der Waals surface area contributed by atoms with Crippen LogP contribution in [-0.4, -0.2) is 17.9 Å². The van der Waals surface area contributed by atoms with Crippen LogP contribution in [0, 0.1) is 0 Å². The van der Waals surface area contributed by atoms with E-state index in [2.05, 4.69) is 52.8 Å². The number of hydrogen-bond acceptors (Lipinski definition) is 3. The molecule has 28 heavy (non-hydrogen) atoms. The maximum Gasteiger partial charge on any atom is 0.511 e. The van der Waals surface area contributed by atoms with Crippen molar-refractivity contribution in [2.24, 2.45) is 0 Å². The topological polar surface area (TPSA) is 55.8 Å². The lowest BCUT2D eigenvalue weighted by Gasteiger charge is -2.42. The number of carboxylic acid groups (broad SMARTS) is 1. The predicted molar refractivity (Wildman–Crippen MR) is 109 cm³/mol. The van der Waals surface area contributed by atoms with Gasteiger partial charge in [-0.3, -0.25) is 0 Å². The van der Waals surface area contributed by atoms with Gasteiger partial charge in [-0.1, -0.05) is 45.9 Å². The minimum Gasteiger partial charge on any atom is -0.492 e. The van der Waals surface area contributed by atoms with E-state index in [1.54, 1.807) is 18.2 Å². The second-order valence-electron chi connectivity index (χ2n) is 9.67. The van der Waals surface area contributed by atoms with E-state index < -0.39 is 6.16 Å². The summed E-state index contributed by atoms with van der Waals surface area (Å²) in [4.78, 5) is 10.9. The van der Waals surface area contributed by atoms with Crippen LogP contribution in [0.5, 0.6) is 11.5 Å². The second kappa shape index (κ2) is 6.00. The van der Waals surface area contributed by atoms with Gasteiger partial charge in [0.1, 0.15) is 18.1 Å². The van der Waals surface area contributed by atoms with Crippen LogP contribution in [0.1, 0.15) is 69.7 Å². The van der Waals surface area contributed by atoms with Crippen molar-refractivity contribution in [2.45, 2.75) is 63.7 Å². The highest BCUT2D eigenvalue weighted by Crippen LogP contribution is 2.49. The quantitative estimate of drug-likeness (QED) is 0.529. The zero-order valence-electron chi connectivity index (χ0n) is 17.3. The Balaban J connectivity index is 1.82. The summed E-state index contributed by atoms with van der Waals surface area (Å²) in [5, 5.41) is 8.95. The number of carbonyl (C=O) groups is 1. The van der Waals surface area contributed by atoms with Gasteiger partial charge in [0.05, 0.1) is 5.41 Å². The molecular weight excluding hydrogens is 352 g/mol. The summed E-state index contributed by atoms with van der Waals surface area (Å²) < 4.78 is 10.8. The van der Waals surface area contributed by atoms with Crippen LogP contribution in [0.4, 0.5) is 4.79 Å². The monoisotopic (exact) mass is 380 g/mol. The Bertz CT molecular complexity index is 957. The molecule has 4 rings (SSSR count). The van der Waals surface area contributed by atoms with Gasteiger partial charge in [0.15, 0.2) is 0 Å². The summed E-state index contributed by atoms with van der Waals surface area (Å²) in [6, 6.07) is 12.1. The first kappa shape index (κ1) is 18.9. The fourth-order valence-electron chi connectivity index (χ4n) is 4.70. The van der Waals surface area contributed by atoms with Crippen molar-refractivity contribution in [2.75, 3.05) is 6.61 Å². The van der Waals surface area contributed by atoms with Crippen molar-refractivity contribution in [3.63, 3.8) is 0 Å². The SMILES string of the molecule is CC1(C)CCC(C)(C)c2cc(C3(C)COc4ccc(OC(=O)O)cc43)ccc21. The summed E-state index contributed by atoms with van der Waals surface area (Å²) >= 11 is 0. The Morgan fingerprint density at radius 1 is 0.929 bits per heavy atom. The molecule has 1 unspecified atom stereocenters. The van der Waals surface area contributed by atoms with E-state index in [9.17, 15) is 4.79 Å². The van der Waals surface area contributed by atoms with Gasteiger partial charge in [-0.15, -0.1) is 0 Å². The van der Waals surface area contributed by atoms with Gasteiger partial charge in [0.25, 0.3) is 0 Å². The minimum absolute atomic E-state index is 0.133. The Morgan fingerprint density at radius 3 is 2.29 bits per heavy atom. The molecule has 1 aliphatic carbocycles. The third-order valence-corrected chi connectivity index (χ3v) is 6.76. The number of hydrogen-bond donors (Lipinski definition) is 1. The van der Waals surface area contributed by atoms with Crippen LogP contribution in [-0.2, 0) is 16.2 Å². The fourth-order valence-corrected chi connectivity index (χ4v) is 4.70. The molecule has 1 atom stereocenters. The highest BCUT2D eigenvalue weighted by molar-refractivity contribution is 5.63. The molecule has 2 aromatic rings. The average molecular weight is 380 g/mol. The third kappa shape index (κ3) is 2.86. The standard InChI is InChI=1S/C24H28O4/c1-22(2)10-11-23(3,4)18-12-15(6-8-17(18)22)24(5)14-27-20-9-7-16(13-19(20)24)28-21(25)26/h6-9,12-13H,10-11,14H2,1-5H3,(H,25,26). The van der Waals surface area contributed by atoms with Gasteiger partial charge in [0, 0.05) is 5.56 Å². The van der Waals surface area contributed by atoms with Crippen LogP contribution in [0.2, 0.25) is 0 Å². The van der Waals surface area contributed by atoms with Crippen molar-refractivity contribution in [1.82, 2.24) is 0 Å². The van der Waals surface area contributed by atoms with Crippen LogP contribution in [0.25, 0.3) is 0 Å². The average Bonchev–Trinajstić information content (AvgIpc) is 2.96. The zero-order chi connectivity index (χ0) is 20.3. The molecule has 2 aliphatic rings. The first-order valence-electron chi connectivity index (χ1n) is 9.87. The summed E-state index contributed by atoms with van der Waals surface area (Å²) in [7, 11) is 0. The molecular formula is C24H28O4. The minimum atomic E-state index is -1.31. The normalized spacial score (nSPS) is 24.0. The van der Waals surface area contributed by atoms with E-state index in [1.165, 1.54) is 23.1 Å². The van der Waals surface area contributed by atoms with Crippen molar-refractivity contribution < 1.29 is 19.4 Å².